The van der Waals surface area contributed by atoms with E-state index in [0.717, 1.165) is 13.0 Å². The van der Waals surface area contributed by atoms with Crippen LogP contribution in [0.15, 0.2) is 35.2 Å². The second-order valence-electron chi connectivity index (χ2n) is 4.72. The molecule has 1 aromatic carbocycles. The molecule has 0 N–H and O–H groups in total. The fourth-order valence-electron chi connectivity index (χ4n) is 2.32. The predicted molar refractivity (Wildman–Crippen MR) is 71.9 cm³/mol. The molecule has 1 aromatic rings. The Hall–Kier alpha value is -0.910. The minimum atomic E-state index is -3.32. The molecule has 1 aliphatic heterocycles. The number of piperazine rings is 1. The van der Waals surface area contributed by atoms with Gasteiger partial charge in [-0.15, -0.1) is 0 Å². The van der Waals surface area contributed by atoms with Crippen LogP contribution in [-0.2, 0) is 10.0 Å². The molecule has 1 aliphatic rings. The summed E-state index contributed by atoms with van der Waals surface area (Å²) in [6, 6.07) is 9.00. The van der Waals surface area contributed by atoms with Crippen LogP contribution in [0, 0.1) is 0 Å². The SMILES string of the molecule is CCC1CN(S(=O)(=O)c2ccccc2)CCN1C. The molecule has 1 saturated heterocycles. The number of hydrogen-bond acceptors (Lipinski definition) is 3. The smallest absolute Gasteiger partial charge is 0.243 e. The molecule has 1 fully saturated rings. The van der Waals surface area contributed by atoms with E-state index in [9.17, 15) is 8.42 Å². The monoisotopic (exact) mass is 268 g/mol. The Morgan fingerprint density at radius 2 is 1.89 bits per heavy atom. The van der Waals surface area contributed by atoms with Gasteiger partial charge >= 0.3 is 0 Å². The fourth-order valence-corrected chi connectivity index (χ4v) is 3.81. The van der Waals surface area contributed by atoms with E-state index in [1.807, 2.05) is 6.07 Å². The third kappa shape index (κ3) is 2.58. The number of rotatable bonds is 3. The Morgan fingerprint density at radius 1 is 1.22 bits per heavy atom. The third-order valence-electron chi connectivity index (χ3n) is 3.59. The molecule has 100 valence electrons. The van der Waals surface area contributed by atoms with Gasteiger partial charge in [0.1, 0.15) is 0 Å². The first-order chi connectivity index (χ1) is 8.55. The van der Waals surface area contributed by atoms with Gasteiger partial charge in [0, 0.05) is 25.7 Å². The van der Waals surface area contributed by atoms with Gasteiger partial charge in [-0.1, -0.05) is 25.1 Å². The molecule has 0 aliphatic carbocycles. The summed E-state index contributed by atoms with van der Waals surface area (Å²) >= 11 is 0. The number of likely N-dealkylation sites (N-methyl/N-ethyl adjacent to an activating group) is 1. The molecule has 4 nitrogen and oxygen atoms in total. The van der Waals surface area contributed by atoms with Crippen LogP contribution in [0.4, 0.5) is 0 Å². The first-order valence-electron chi connectivity index (χ1n) is 6.31. The van der Waals surface area contributed by atoms with Crippen molar-refractivity contribution >= 4 is 10.0 Å². The van der Waals surface area contributed by atoms with Crippen molar-refractivity contribution in [3.8, 4) is 0 Å². The van der Waals surface area contributed by atoms with Gasteiger partial charge < -0.3 is 4.90 Å². The highest BCUT2D eigenvalue weighted by atomic mass is 32.2. The van der Waals surface area contributed by atoms with Crippen LogP contribution in [0.1, 0.15) is 13.3 Å². The second-order valence-corrected chi connectivity index (χ2v) is 6.66. The topological polar surface area (TPSA) is 40.6 Å². The molecule has 2 rings (SSSR count). The lowest BCUT2D eigenvalue weighted by molar-refractivity contribution is 0.144. The zero-order chi connectivity index (χ0) is 13.2. The van der Waals surface area contributed by atoms with E-state index in [-0.39, 0.29) is 0 Å². The van der Waals surface area contributed by atoms with E-state index < -0.39 is 10.0 Å². The van der Waals surface area contributed by atoms with Gasteiger partial charge in [-0.2, -0.15) is 4.31 Å². The summed E-state index contributed by atoms with van der Waals surface area (Å²) in [4.78, 5) is 2.63. The van der Waals surface area contributed by atoms with Gasteiger partial charge in [0.2, 0.25) is 10.0 Å². The maximum atomic E-state index is 12.5. The molecular weight excluding hydrogens is 248 g/mol. The van der Waals surface area contributed by atoms with Crippen molar-refractivity contribution in [2.24, 2.45) is 0 Å². The van der Waals surface area contributed by atoms with Gasteiger partial charge in [-0.25, -0.2) is 8.42 Å². The highest BCUT2D eigenvalue weighted by molar-refractivity contribution is 7.89. The zero-order valence-corrected chi connectivity index (χ0v) is 11.7. The first kappa shape index (κ1) is 13.5. The van der Waals surface area contributed by atoms with E-state index >= 15 is 0 Å². The average Bonchev–Trinajstić information content (AvgIpc) is 2.40. The highest BCUT2D eigenvalue weighted by Crippen LogP contribution is 2.20. The second kappa shape index (κ2) is 5.38. The van der Waals surface area contributed by atoms with Crippen LogP contribution in [0.25, 0.3) is 0 Å². The van der Waals surface area contributed by atoms with E-state index in [1.165, 1.54) is 0 Å². The molecular formula is C13H20N2O2S. The normalized spacial score (nSPS) is 23.1. The van der Waals surface area contributed by atoms with Crippen molar-refractivity contribution in [3.63, 3.8) is 0 Å². The molecule has 0 radical (unpaired) electrons. The molecule has 0 amide bonds. The molecule has 1 heterocycles. The number of hydrogen-bond donors (Lipinski definition) is 0. The van der Waals surface area contributed by atoms with Crippen LogP contribution in [-0.4, -0.2) is 50.3 Å². The number of nitrogens with zero attached hydrogens (tertiary/aromatic N) is 2. The maximum absolute atomic E-state index is 12.5. The van der Waals surface area contributed by atoms with Crippen LogP contribution >= 0.6 is 0 Å². The van der Waals surface area contributed by atoms with Crippen molar-refractivity contribution in [1.29, 1.82) is 0 Å². The van der Waals surface area contributed by atoms with E-state index in [0.29, 0.717) is 24.0 Å². The van der Waals surface area contributed by atoms with Crippen molar-refractivity contribution in [2.45, 2.75) is 24.3 Å². The zero-order valence-electron chi connectivity index (χ0n) is 10.9. The van der Waals surface area contributed by atoms with Crippen LogP contribution in [0.2, 0.25) is 0 Å². The third-order valence-corrected chi connectivity index (χ3v) is 5.47. The van der Waals surface area contributed by atoms with E-state index in [1.54, 1.807) is 28.6 Å². The Morgan fingerprint density at radius 3 is 2.50 bits per heavy atom. The van der Waals surface area contributed by atoms with Gasteiger partial charge in [-0.05, 0) is 25.6 Å². The quantitative estimate of drug-likeness (QED) is 0.832. The lowest BCUT2D eigenvalue weighted by Crippen LogP contribution is -2.52. The predicted octanol–water partition coefficient (Wildman–Crippen LogP) is 1.40. The van der Waals surface area contributed by atoms with Crippen molar-refractivity contribution in [3.05, 3.63) is 30.3 Å². The maximum Gasteiger partial charge on any atom is 0.243 e. The molecule has 0 saturated carbocycles. The van der Waals surface area contributed by atoms with Crippen molar-refractivity contribution in [1.82, 2.24) is 9.21 Å². The lowest BCUT2D eigenvalue weighted by atomic mass is 10.1. The molecule has 1 atom stereocenters. The standard InChI is InChI=1S/C13H20N2O2S/c1-3-12-11-15(10-9-14(12)2)18(16,17)13-7-5-4-6-8-13/h4-8,12H,3,9-11H2,1-2H3. The molecule has 0 bridgehead atoms. The molecule has 1 unspecified atom stereocenters. The average molecular weight is 268 g/mol. The van der Waals surface area contributed by atoms with Gasteiger partial charge in [0.05, 0.1) is 4.90 Å². The molecule has 18 heavy (non-hydrogen) atoms. The van der Waals surface area contributed by atoms with Gasteiger partial charge in [0.15, 0.2) is 0 Å². The molecule has 5 heteroatoms. The lowest BCUT2D eigenvalue weighted by Gasteiger charge is -2.38. The van der Waals surface area contributed by atoms with E-state index in [4.69, 9.17) is 0 Å². The fraction of sp³-hybridized carbons (Fsp3) is 0.538. The van der Waals surface area contributed by atoms with Gasteiger partial charge in [0.25, 0.3) is 0 Å². The van der Waals surface area contributed by atoms with Crippen molar-refractivity contribution in [2.75, 3.05) is 26.7 Å². The Balaban J connectivity index is 2.22. The summed E-state index contributed by atoms with van der Waals surface area (Å²) in [5, 5.41) is 0. The number of sulfonamides is 1. The summed E-state index contributed by atoms with van der Waals surface area (Å²) in [6.45, 7) is 4.05. The summed E-state index contributed by atoms with van der Waals surface area (Å²) in [6.07, 6.45) is 0.970. The minimum Gasteiger partial charge on any atom is -0.301 e. The molecule has 0 aromatic heterocycles. The first-order valence-corrected chi connectivity index (χ1v) is 7.75. The van der Waals surface area contributed by atoms with Gasteiger partial charge in [-0.3, -0.25) is 0 Å². The Kier molecular flexibility index (Phi) is 4.04. The highest BCUT2D eigenvalue weighted by Gasteiger charge is 2.31. The summed E-state index contributed by atoms with van der Waals surface area (Å²) < 4.78 is 26.5. The van der Waals surface area contributed by atoms with Crippen LogP contribution in [0.3, 0.4) is 0 Å². The number of benzene rings is 1. The van der Waals surface area contributed by atoms with Crippen LogP contribution < -0.4 is 0 Å². The largest absolute Gasteiger partial charge is 0.301 e. The minimum absolute atomic E-state index is 0.317. The summed E-state index contributed by atoms with van der Waals surface area (Å²) in [5.74, 6) is 0. The Bertz CT molecular complexity index is 487. The van der Waals surface area contributed by atoms with Crippen LogP contribution in [0.5, 0.6) is 0 Å². The van der Waals surface area contributed by atoms with E-state index in [2.05, 4.69) is 18.9 Å². The molecule has 0 spiro atoms. The Labute approximate surface area is 109 Å². The summed E-state index contributed by atoms with van der Waals surface area (Å²) in [5.41, 5.74) is 0. The van der Waals surface area contributed by atoms with Crippen molar-refractivity contribution < 1.29 is 8.42 Å². The summed E-state index contributed by atoms with van der Waals surface area (Å²) in [7, 11) is -1.27.